The van der Waals surface area contributed by atoms with Gasteiger partial charge in [-0.2, -0.15) is 0 Å². The number of aromatic nitrogens is 3. The van der Waals surface area contributed by atoms with Gasteiger partial charge in [-0.15, -0.1) is 0 Å². The third kappa shape index (κ3) is 5.38. The van der Waals surface area contributed by atoms with Crippen LogP contribution in [0.5, 0.6) is 11.5 Å². The molecular formula is C52H36N4OSi. The highest BCUT2D eigenvalue weighted by molar-refractivity contribution is 7.21. The number of hydrogen-bond donors (Lipinski definition) is 0. The van der Waals surface area contributed by atoms with Crippen molar-refractivity contribution in [2.45, 2.75) is 0 Å². The monoisotopic (exact) mass is 760 g/mol. The van der Waals surface area contributed by atoms with Gasteiger partial charge in [0.05, 0.1) is 16.9 Å². The number of benzene rings is 7. The summed E-state index contributed by atoms with van der Waals surface area (Å²) in [5.41, 5.74) is 8.32. The normalized spacial score (nSPS) is 12.9. The van der Waals surface area contributed by atoms with Crippen LogP contribution < -0.4 is 30.4 Å². The summed E-state index contributed by atoms with van der Waals surface area (Å²) in [5.74, 6) is 1.48. The molecule has 0 spiro atoms. The second kappa shape index (κ2) is 13.9. The second-order valence-corrected chi connectivity index (χ2v) is 18.3. The number of anilines is 3. The zero-order valence-electron chi connectivity index (χ0n) is 31.5. The number of rotatable bonds is 7. The SMILES string of the molecule is c1ccc(N2c3ccccc3[Si](c3ccccc3)(c3ccccc3)c3cc4c5cccnc5n(-c5cccc(Oc6cccc(-c7ccccn7)c6)c5)c4cc32)cc1. The van der Waals surface area contributed by atoms with Gasteiger partial charge in [-0.3, -0.25) is 9.55 Å². The van der Waals surface area contributed by atoms with E-state index in [1.165, 1.54) is 32.1 Å². The van der Waals surface area contributed by atoms with Gasteiger partial charge in [-0.1, -0.05) is 121 Å². The van der Waals surface area contributed by atoms with Gasteiger partial charge < -0.3 is 9.64 Å². The molecule has 0 unspecified atom stereocenters. The van der Waals surface area contributed by atoms with Crippen LogP contribution in [0.1, 0.15) is 0 Å². The van der Waals surface area contributed by atoms with E-state index in [0.717, 1.165) is 56.1 Å². The summed E-state index contributed by atoms with van der Waals surface area (Å²) in [4.78, 5) is 12.1. The topological polar surface area (TPSA) is 43.2 Å². The van der Waals surface area contributed by atoms with Gasteiger partial charge in [0.15, 0.2) is 8.07 Å². The van der Waals surface area contributed by atoms with Crippen molar-refractivity contribution in [3.63, 3.8) is 0 Å². The Morgan fingerprint density at radius 3 is 1.84 bits per heavy atom. The molecule has 7 aromatic carbocycles. The highest BCUT2D eigenvalue weighted by atomic mass is 28.3. The predicted octanol–water partition coefficient (Wildman–Crippen LogP) is 10.2. The predicted molar refractivity (Wildman–Crippen MR) is 240 cm³/mol. The molecule has 0 radical (unpaired) electrons. The van der Waals surface area contributed by atoms with E-state index in [0.29, 0.717) is 0 Å². The lowest BCUT2D eigenvalue weighted by atomic mass is 10.1. The molecule has 1 aliphatic rings. The van der Waals surface area contributed by atoms with Crippen LogP contribution in [0, 0.1) is 0 Å². The molecule has 58 heavy (non-hydrogen) atoms. The Bertz CT molecular complexity index is 3060. The largest absolute Gasteiger partial charge is 0.457 e. The fraction of sp³-hybridized carbons (Fsp3) is 0. The quantitative estimate of drug-likeness (QED) is 0.152. The maximum Gasteiger partial charge on any atom is 0.184 e. The van der Waals surface area contributed by atoms with E-state index in [9.17, 15) is 0 Å². The molecule has 5 nitrogen and oxygen atoms in total. The summed E-state index contributed by atoms with van der Waals surface area (Å²) in [6.07, 6.45) is 3.70. The third-order valence-corrected chi connectivity index (χ3v) is 16.2. The van der Waals surface area contributed by atoms with Crippen LogP contribution in [0.4, 0.5) is 17.1 Å². The lowest BCUT2D eigenvalue weighted by molar-refractivity contribution is 0.482. The van der Waals surface area contributed by atoms with E-state index in [4.69, 9.17) is 9.72 Å². The first-order chi connectivity index (χ1) is 28.8. The van der Waals surface area contributed by atoms with Crippen molar-refractivity contribution in [3.05, 3.63) is 219 Å². The smallest absolute Gasteiger partial charge is 0.184 e. The number of fused-ring (bicyclic) bond motifs is 5. The van der Waals surface area contributed by atoms with E-state index < -0.39 is 8.07 Å². The minimum Gasteiger partial charge on any atom is -0.457 e. The van der Waals surface area contributed by atoms with Gasteiger partial charge in [0.2, 0.25) is 0 Å². The zero-order valence-corrected chi connectivity index (χ0v) is 32.5. The molecule has 274 valence electrons. The molecule has 0 saturated heterocycles. The zero-order chi connectivity index (χ0) is 38.5. The van der Waals surface area contributed by atoms with Gasteiger partial charge in [-0.05, 0) is 99.6 Å². The van der Waals surface area contributed by atoms with Crippen molar-refractivity contribution in [1.82, 2.24) is 14.5 Å². The molecular weight excluding hydrogens is 725 g/mol. The molecule has 0 aliphatic carbocycles. The van der Waals surface area contributed by atoms with Crippen LogP contribution in [-0.4, -0.2) is 22.6 Å². The van der Waals surface area contributed by atoms with Crippen LogP contribution in [0.25, 0.3) is 38.9 Å². The van der Waals surface area contributed by atoms with Crippen molar-refractivity contribution >= 4 is 67.8 Å². The molecule has 0 fully saturated rings. The first kappa shape index (κ1) is 33.8. The number of nitrogens with zero attached hydrogens (tertiary/aromatic N) is 4. The van der Waals surface area contributed by atoms with Gasteiger partial charge in [0.1, 0.15) is 17.1 Å². The third-order valence-electron chi connectivity index (χ3n) is 11.4. The lowest BCUT2D eigenvalue weighted by Gasteiger charge is -2.45. The Morgan fingerprint density at radius 1 is 0.431 bits per heavy atom. The Morgan fingerprint density at radius 2 is 1.09 bits per heavy atom. The number of para-hydroxylation sites is 2. The Labute approximate surface area is 337 Å². The molecule has 0 N–H and O–H groups in total. The number of ether oxygens (including phenoxy) is 1. The van der Waals surface area contributed by atoms with E-state index in [2.05, 4.69) is 172 Å². The highest BCUT2D eigenvalue weighted by Crippen LogP contribution is 2.42. The summed E-state index contributed by atoms with van der Waals surface area (Å²) < 4.78 is 8.86. The van der Waals surface area contributed by atoms with Crippen molar-refractivity contribution in [2.24, 2.45) is 0 Å². The highest BCUT2D eigenvalue weighted by Gasteiger charge is 2.49. The molecule has 3 aromatic heterocycles. The summed E-state index contributed by atoms with van der Waals surface area (Å²) in [6.45, 7) is 0. The van der Waals surface area contributed by atoms with Crippen molar-refractivity contribution in [1.29, 1.82) is 0 Å². The molecule has 1 aliphatic heterocycles. The average molecular weight is 761 g/mol. The number of hydrogen-bond acceptors (Lipinski definition) is 4. The first-order valence-corrected chi connectivity index (χ1v) is 21.6. The Balaban J connectivity index is 1.17. The minimum absolute atomic E-state index is 0.735. The van der Waals surface area contributed by atoms with Gasteiger partial charge in [0.25, 0.3) is 0 Å². The summed E-state index contributed by atoms with van der Waals surface area (Å²) in [5, 5.41) is 7.66. The Kier molecular flexibility index (Phi) is 8.08. The molecule has 10 aromatic rings. The van der Waals surface area contributed by atoms with E-state index >= 15 is 0 Å². The number of pyridine rings is 2. The van der Waals surface area contributed by atoms with Crippen molar-refractivity contribution in [2.75, 3.05) is 4.90 Å². The van der Waals surface area contributed by atoms with Crippen LogP contribution in [0.2, 0.25) is 0 Å². The van der Waals surface area contributed by atoms with E-state index in [1.54, 1.807) is 0 Å². The standard InChI is InChI=1S/C52H36N4OSi/c1-4-18-38(19-5-1)55-47-29-10-11-30-50(47)58(42-23-6-2-7-24-42,43-25-8-3-9-26-43)51-35-45-44-27-16-32-54-52(44)56(48(45)36-49(51)55)39-20-15-22-41(34-39)57-40-21-14-17-37(33-40)46-28-12-13-31-53-46/h1-36H. The van der Waals surface area contributed by atoms with Crippen LogP contribution in [0.3, 0.4) is 0 Å². The van der Waals surface area contributed by atoms with Gasteiger partial charge >= 0.3 is 0 Å². The van der Waals surface area contributed by atoms with Crippen LogP contribution in [0.15, 0.2) is 219 Å². The Hall–Kier alpha value is -7.54. The summed E-state index contributed by atoms with van der Waals surface area (Å²) >= 11 is 0. The molecule has 0 atom stereocenters. The average Bonchev–Trinajstić information content (AvgIpc) is 3.62. The first-order valence-electron chi connectivity index (χ1n) is 19.6. The minimum atomic E-state index is -2.90. The fourth-order valence-electron chi connectivity index (χ4n) is 8.98. The van der Waals surface area contributed by atoms with Gasteiger partial charge in [-0.25, -0.2) is 4.98 Å². The summed E-state index contributed by atoms with van der Waals surface area (Å²) in [7, 11) is -2.90. The van der Waals surface area contributed by atoms with E-state index in [-0.39, 0.29) is 0 Å². The molecule has 11 rings (SSSR count). The molecule has 0 saturated carbocycles. The maximum absolute atomic E-state index is 6.57. The van der Waals surface area contributed by atoms with E-state index in [1.807, 2.05) is 60.9 Å². The molecule has 0 bridgehead atoms. The summed E-state index contributed by atoms with van der Waals surface area (Å²) in [6, 6.07) is 73.7. The maximum atomic E-state index is 6.57. The molecule has 0 amide bonds. The second-order valence-electron chi connectivity index (χ2n) is 14.6. The fourth-order valence-corrected chi connectivity index (χ4v) is 14.1. The van der Waals surface area contributed by atoms with Gasteiger partial charge in [0, 0.05) is 51.9 Å². The van der Waals surface area contributed by atoms with Crippen molar-refractivity contribution < 1.29 is 4.74 Å². The van der Waals surface area contributed by atoms with Crippen LogP contribution in [-0.2, 0) is 0 Å². The van der Waals surface area contributed by atoms with Crippen molar-refractivity contribution in [3.8, 4) is 28.4 Å². The molecule has 4 heterocycles. The lowest BCUT2D eigenvalue weighted by Crippen LogP contribution is -2.77. The molecule has 6 heteroatoms. The van der Waals surface area contributed by atoms with Crippen LogP contribution >= 0.6 is 0 Å².